The molecule has 1 aromatic heterocycles. The number of carbonyl (C=O) groups is 1. The predicted octanol–water partition coefficient (Wildman–Crippen LogP) is 0.905. The van der Waals surface area contributed by atoms with Crippen LogP contribution in [-0.4, -0.2) is 46.8 Å². The molecule has 92 valence electrons. The van der Waals surface area contributed by atoms with Crippen LogP contribution < -0.4 is 0 Å². The summed E-state index contributed by atoms with van der Waals surface area (Å²) in [7, 11) is 0. The third-order valence-electron chi connectivity index (χ3n) is 3.87. The summed E-state index contributed by atoms with van der Waals surface area (Å²) in [5.41, 5.74) is 1.29. The number of hydrogen-bond donors (Lipinski definition) is 1. The molecule has 0 unspecified atom stereocenters. The summed E-state index contributed by atoms with van der Waals surface area (Å²) >= 11 is 0. The van der Waals surface area contributed by atoms with Crippen LogP contribution in [0.25, 0.3) is 0 Å². The first-order valence-corrected chi connectivity index (χ1v) is 6.24. The molecule has 1 N–H and O–H groups in total. The van der Waals surface area contributed by atoms with Crippen molar-refractivity contribution < 1.29 is 9.53 Å². The van der Waals surface area contributed by atoms with Crippen molar-refractivity contribution in [2.75, 3.05) is 19.7 Å². The average Bonchev–Trinajstić information content (AvgIpc) is 3.00. The van der Waals surface area contributed by atoms with Crippen molar-refractivity contribution in [1.29, 1.82) is 0 Å². The molecule has 1 aromatic rings. The molecule has 5 heteroatoms. The van der Waals surface area contributed by atoms with E-state index in [9.17, 15) is 4.79 Å². The Balaban J connectivity index is 1.59. The molecule has 0 bridgehead atoms. The maximum absolute atomic E-state index is 11.5. The number of ether oxygens (including phenoxy) is 1. The molecule has 2 fully saturated rings. The van der Waals surface area contributed by atoms with Gasteiger partial charge in [-0.15, -0.1) is 0 Å². The highest BCUT2D eigenvalue weighted by atomic mass is 16.5. The monoisotopic (exact) mass is 235 g/mol. The van der Waals surface area contributed by atoms with E-state index in [1.165, 1.54) is 5.56 Å². The lowest BCUT2D eigenvalue weighted by atomic mass is 9.91. The van der Waals surface area contributed by atoms with Crippen LogP contribution in [0.2, 0.25) is 0 Å². The number of nitrogens with one attached hydrogen (secondary N) is 1. The van der Waals surface area contributed by atoms with E-state index in [1.54, 1.807) is 0 Å². The molecule has 17 heavy (non-hydrogen) atoms. The Morgan fingerprint density at radius 1 is 1.35 bits per heavy atom. The van der Waals surface area contributed by atoms with Gasteiger partial charge in [0.15, 0.2) is 0 Å². The zero-order valence-electron chi connectivity index (χ0n) is 9.76. The van der Waals surface area contributed by atoms with Gasteiger partial charge in [-0.2, -0.15) is 5.10 Å². The van der Waals surface area contributed by atoms with E-state index in [4.69, 9.17) is 4.74 Å². The standard InChI is InChI=1S/C12H17N3O2/c16-12-11(3-6-17-12)15-4-1-9(2-5-15)10-7-13-14-8-10/h7-9,11H,1-6H2,(H,13,14)/t11-/m1/s1. The number of cyclic esters (lactones) is 1. The molecule has 0 aromatic carbocycles. The highest BCUT2D eigenvalue weighted by molar-refractivity contribution is 5.77. The predicted molar refractivity (Wildman–Crippen MR) is 61.5 cm³/mol. The lowest BCUT2D eigenvalue weighted by Crippen LogP contribution is -2.43. The highest BCUT2D eigenvalue weighted by Gasteiger charge is 2.34. The van der Waals surface area contributed by atoms with Gasteiger partial charge in [0.05, 0.1) is 12.8 Å². The molecule has 3 rings (SSSR count). The second-order valence-corrected chi connectivity index (χ2v) is 4.81. The topological polar surface area (TPSA) is 58.2 Å². The number of aromatic amines is 1. The van der Waals surface area contributed by atoms with Crippen molar-refractivity contribution in [2.24, 2.45) is 0 Å². The Labute approximate surface area is 100 Å². The van der Waals surface area contributed by atoms with Crippen LogP contribution in [0.1, 0.15) is 30.7 Å². The number of rotatable bonds is 2. The molecule has 3 heterocycles. The van der Waals surface area contributed by atoms with Crippen molar-refractivity contribution in [3.8, 4) is 0 Å². The first-order valence-electron chi connectivity index (χ1n) is 6.24. The molecule has 0 amide bonds. The number of likely N-dealkylation sites (tertiary alicyclic amines) is 1. The van der Waals surface area contributed by atoms with E-state index >= 15 is 0 Å². The molecule has 2 aliphatic rings. The maximum atomic E-state index is 11.5. The van der Waals surface area contributed by atoms with Gasteiger partial charge in [-0.1, -0.05) is 0 Å². The summed E-state index contributed by atoms with van der Waals surface area (Å²) in [6.07, 6.45) is 6.94. The minimum atomic E-state index is -0.0354. The Kier molecular flexibility index (Phi) is 2.84. The fourth-order valence-corrected chi connectivity index (χ4v) is 2.85. The number of aromatic nitrogens is 2. The summed E-state index contributed by atoms with van der Waals surface area (Å²) in [4.78, 5) is 13.8. The zero-order chi connectivity index (χ0) is 11.7. The smallest absolute Gasteiger partial charge is 0.323 e. The molecular formula is C12H17N3O2. The Hall–Kier alpha value is -1.36. The summed E-state index contributed by atoms with van der Waals surface area (Å²) < 4.78 is 5.02. The molecule has 0 saturated carbocycles. The third kappa shape index (κ3) is 2.07. The van der Waals surface area contributed by atoms with Gasteiger partial charge in [0.1, 0.15) is 6.04 Å². The molecule has 0 aliphatic carbocycles. The van der Waals surface area contributed by atoms with Crippen LogP contribution in [0.3, 0.4) is 0 Å². The van der Waals surface area contributed by atoms with Crippen molar-refractivity contribution in [3.63, 3.8) is 0 Å². The van der Waals surface area contributed by atoms with Crippen LogP contribution in [-0.2, 0) is 9.53 Å². The number of H-pyrrole nitrogens is 1. The molecule has 2 saturated heterocycles. The van der Waals surface area contributed by atoms with E-state index in [0.29, 0.717) is 12.5 Å². The summed E-state index contributed by atoms with van der Waals surface area (Å²) in [6.45, 7) is 2.55. The van der Waals surface area contributed by atoms with Gasteiger partial charge in [0, 0.05) is 12.6 Å². The first kappa shape index (κ1) is 10.8. The lowest BCUT2D eigenvalue weighted by molar-refractivity contribution is -0.142. The maximum Gasteiger partial charge on any atom is 0.323 e. The quantitative estimate of drug-likeness (QED) is 0.774. The van der Waals surface area contributed by atoms with E-state index in [-0.39, 0.29) is 12.0 Å². The van der Waals surface area contributed by atoms with Gasteiger partial charge in [0.25, 0.3) is 0 Å². The minimum Gasteiger partial charge on any atom is -0.464 e. The first-order chi connectivity index (χ1) is 8.34. The van der Waals surface area contributed by atoms with E-state index in [1.807, 2.05) is 12.4 Å². The van der Waals surface area contributed by atoms with E-state index in [2.05, 4.69) is 15.1 Å². The molecule has 0 spiro atoms. The van der Waals surface area contributed by atoms with Crippen LogP contribution in [0.4, 0.5) is 0 Å². The highest BCUT2D eigenvalue weighted by Crippen LogP contribution is 2.29. The van der Waals surface area contributed by atoms with Crippen molar-refractivity contribution >= 4 is 5.97 Å². The fourth-order valence-electron chi connectivity index (χ4n) is 2.85. The van der Waals surface area contributed by atoms with Gasteiger partial charge < -0.3 is 4.74 Å². The molecule has 2 aliphatic heterocycles. The molecule has 1 atom stereocenters. The summed E-state index contributed by atoms with van der Waals surface area (Å²) in [6, 6.07) is 0.0142. The van der Waals surface area contributed by atoms with Crippen LogP contribution >= 0.6 is 0 Å². The van der Waals surface area contributed by atoms with Crippen molar-refractivity contribution in [2.45, 2.75) is 31.2 Å². The van der Waals surface area contributed by atoms with Crippen LogP contribution in [0.5, 0.6) is 0 Å². The van der Waals surface area contributed by atoms with Gasteiger partial charge in [-0.05, 0) is 37.4 Å². The van der Waals surface area contributed by atoms with Gasteiger partial charge in [-0.25, -0.2) is 0 Å². The third-order valence-corrected chi connectivity index (χ3v) is 3.87. The average molecular weight is 235 g/mol. The Morgan fingerprint density at radius 2 is 2.18 bits per heavy atom. The largest absolute Gasteiger partial charge is 0.464 e. The summed E-state index contributed by atoms with van der Waals surface area (Å²) in [5.74, 6) is 0.550. The fraction of sp³-hybridized carbons (Fsp3) is 0.667. The summed E-state index contributed by atoms with van der Waals surface area (Å²) in [5, 5.41) is 6.86. The molecule has 5 nitrogen and oxygen atoms in total. The number of esters is 1. The van der Waals surface area contributed by atoms with Crippen LogP contribution in [0, 0.1) is 0 Å². The van der Waals surface area contributed by atoms with Crippen molar-refractivity contribution in [1.82, 2.24) is 15.1 Å². The SMILES string of the molecule is O=C1OCC[C@H]1N1CCC(c2cn[nH]c2)CC1. The Bertz CT molecular complexity index is 382. The number of nitrogens with zero attached hydrogens (tertiary/aromatic N) is 2. The second kappa shape index (κ2) is 4.49. The van der Waals surface area contributed by atoms with Gasteiger partial charge >= 0.3 is 5.97 Å². The number of carbonyl (C=O) groups excluding carboxylic acids is 1. The van der Waals surface area contributed by atoms with E-state index < -0.39 is 0 Å². The molecular weight excluding hydrogens is 218 g/mol. The van der Waals surface area contributed by atoms with Gasteiger partial charge in [-0.3, -0.25) is 14.8 Å². The lowest BCUT2D eigenvalue weighted by Gasteiger charge is -2.33. The number of piperidine rings is 1. The van der Waals surface area contributed by atoms with Crippen LogP contribution in [0.15, 0.2) is 12.4 Å². The second-order valence-electron chi connectivity index (χ2n) is 4.81. The van der Waals surface area contributed by atoms with Crippen molar-refractivity contribution in [3.05, 3.63) is 18.0 Å². The van der Waals surface area contributed by atoms with E-state index in [0.717, 1.165) is 32.4 Å². The normalized spacial score (nSPS) is 27.3. The molecule has 0 radical (unpaired) electrons. The zero-order valence-corrected chi connectivity index (χ0v) is 9.76. The Morgan fingerprint density at radius 3 is 2.76 bits per heavy atom. The van der Waals surface area contributed by atoms with Gasteiger partial charge in [0.2, 0.25) is 0 Å². The minimum absolute atomic E-state index is 0.0142. The number of hydrogen-bond acceptors (Lipinski definition) is 4.